The Morgan fingerprint density at radius 2 is 2.26 bits per heavy atom. The Bertz CT molecular complexity index is 537. The highest BCUT2D eigenvalue weighted by Gasteiger charge is 2.31. The van der Waals surface area contributed by atoms with Crippen LogP contribution in [0.1, 0.15) is 56.8 Å². The van der Waals surface area contributed by atoms with Crippen molar-refractivity contribution < 1.29 is 19.1 Å². The van der Waals surface area contributed by atoms with Crippen LogP contribution in [0.4, 0.5) is 0 Å². The molecule has 2 aliphatic heterocycles. The average molecular weight is 319 g/mol. The number of allylic oxidation sites excluding steroid dienone is 1. The molecule has 1 saturated heterocycles. The van der Waals surface area contributed by atoms with E-state index in [4.69, 9.17) is 9.15 Å². The van der Waals surface area contributed by atoms with Crippen LogP contribution in [0, 0.1) is 0 Å². The van der Waals surface area contributed by atoms with Gasteiger partial charge in [-0.05, 0) is 43.9 Å². The summed E-state index contributed by atoms with van der Waals surface area (Å²) in [7, 11) is 0. The fourth-order valence-corrected chi connectivity index (χ4v) is 3.39. The van der Waals surface area contributed by atoms with Gasteiger partial charge in [-0.15, -0.1) is 0 Å². The molecule has 1 aromatic rings. The second-order valence-electron chi connectivity index (χ2n) is 6.33. The molecule has 3 heterocycles. The van der Waals surface area contributed by atoms with Gasteiger partial charge in [0.2, 0.25) is 0 Å². The number of likely N-dealkylation sites (tertiary alicyclic amines) is 1. The number of aliphatic hydroxyl groups excluding tert-OH is 1. The van der Waals surface area contributed by atoms with Crippen molar-refractivity contribution in [3.05, 3.63) is 36.0 Å². The standard InChI is InChI=1S/C18H25NO4/c20-15(16-9-6-12-22-16)13-14-7-2-1-4-10-19(14)18(21)17-8-3-5-11-23-17/h6,8-9,12,14-15,20H,1-5,7,10-11,13H2. The fraction of sp³-hybridized carbons (Fsp3) is 0.611. The minimum atomic E-state index is -0.676. The molecule has 0 saturated carbocycles. The van der Waals surface area contributed by atoms with E-state index in [1.165, 1.54) is 0 Å². The van der Waals surface area contributed by atoms with Crippen molar-refractivity contribution in [2.24, 2.45) is 0 Å². The number of hydrogen-bond acceptors (Lipinski definition) is 4. The predicted octanol–water partition coefficient (Wildman–Crippen LogP) is 3.17. The molecule has 2 aliphatic rings. The molecule has 126 valence electrons. The first-order chi connectivity index (χ1) is 11.3. The van der Waals surface area contributed by atoms with Gasteiger partial charge in [0.05, 0.1) is 12.9 Å². The zero-order valence-electron chi connectivity index (χ0n) is 13.4. The van der Waals surface area contributed by atoms with Gasteiger partial charge < -0.3 is 19.2 Å². The van der Waals surface area contributed by atoms with E-state index in [1.807, 2.05) is 11.0 Å². The van der Waals surface area contributed by atoms with E-state index in [-0.39, 0.29) is 11.9 Å². The summed E-state index contributed by atoms with van der Waals surface area (Å²) in [6, 6.07) is 3.58. The number of aliphatic hydroxyl groups is 1. The number of hydrogen-bond donors (Lipinski definition) is 1. The van der Waals surface area contributed by atoms with Crippen LogP contribution in [0.5, 0.6) is 0 Å². The van der Waals surface area contributed by atoms with Gasteiger partial charge in [-0.25, -0.2) is 0 Å². The number of nitrogens with zero attached hydrogens (tertiary/aromatic N) is 1. The topological polar surface area (TPSA) is 62.9 Å². The quantitative estimate of drug-likeness (QED) is 0.926. The van der Waals surface area contributed by atoms with E-state index in [2.05, 4.69) is 0 Å². The Morgan fingerprint density at radius 3 is 3.00 bits per heavy atom. The molecule has 0 radical (unpaired) electrons. The molecular weight excluding hydrogens is 294 g/mol. The number of carbonyl (C=O) groups is 1. The lowest BCUT2D eigenvalue weighted by molar-refractivity contribution is -0.134. The lowest BCUT2D eigenvalue weighted by Gasteiger charge is -2.32. The number of rotatable bonds is 4. The molecule has 5 nitrogen and oxygen atoms in total. The Balaban J connectivity index is 1.71. The smallest absolute Gasteiger partial charge is 0.288 e. The Morgan fingerprint density at radius 1 is 1.35 bits per heavy atom. The van der Waals surface area contributed by atoms with Crippen LogP contribution >= 0.6 is 0 Å². The zero-order chi connectivity index (χ0) is 16.1. The number of carbonyl (C=O) groups excluding carboxylic acids is 1. The average Bonchev–Trinajstić information content (AvgIpc) is 3.03. The first kappa shape index (κ1) is 16.1. The van der Waals surface area contributed by atoms with E-state index in [0.29, 0.717) is 24.5 Å². The number of furan rings is 1. The molecular formula is C18H25NO4. The Hall–Kier alpha value is -1.75. The maximum Gasteiger partial charge on any atom is 0.288 e. The van der Waals surface area contributed by atoms with Crippen LogP contribution in [0.15, 0.2) is 34.6 Å². The van der Waals surface area contributed by atoms with Crippen LogP contribution in [-0.4, -0.2) is 35.1 Å². The minimum Gasteiger partial charge on any atom is -0.488 e. The summed E-state index contributed by atoms with van der Waals surface area (Å²) in [5, 5.41) is 10.4. The van der Waals surface area contributed by atoms with Gasteiger partial charge in [0.15, 0.2) is 5.76 Å². The van der Waals surface area contributed by atoms with E-state index in [0.717, 1.165) is 45.1 Å². The molecule has 2 atom stereocenters. The van der Waals surface area contributed by atoms with Gasteiger partial charge in [0.1, 0.15) is 11.9 Å². The van der Waals surface area contributed by atoms with Crippen molar-refractivity contribution in [1.29, 1.82) is 0 Å². The van der Waals surface area contributed by atoms with Crippen LogP contribution in [0.2, 0.25) is 0 Å². The van der Waals surface area contributed by atoms with E-state index < -0.39 is 6.10 Å². The molecule has 1 amide bonds. The van der Waals surface area contributed by atoms with Crippen molar-refractivity contribution in [3.63, 3.8) is 0 Å². The van der Waals surface area contributed by atoms with Gasteiger partial charge in [0.25, 0.3) is 5.91 Å². The van der Waals surface area contributed by atoms with Gasteiger partial charge in [-0.1, -0.05) is 12.8 Å². The van der Waals surface area contributed by atoms with Crippen LogP contribution in [0.25, 0.3) is 0 Å². The highest BCUT2D eigenvalue weighted by Crippen LogP contribution is 2.28. The number of amides is 1. The lowest BCUT2D eigenvalue weighted by Crippen LogP contribution is -2.42. The molecule has 0 bridgehead atoms. The monoisotopic (exact) mass is 319 g/mol. The van der Waals surface area contributed by atoms with Crippen molar-refractivity contribution in [2.45, 2.75) is 57.1 Å². The summed E-state index contributed by atoms with van der Waals surface area (Å²) in [6.45, 7) is 1.35. The molecule has 23 heavy (non-hydrogen) atoms. The molecule has 1 N–H and O–H groups in total. The highest BCUT2D eigenvalue weighted by atomic mass is 16.5. The molecule has 5 heteroatoms. The molecule has 1 fully saturated rings. The van der Waals surface area contributed by atoms with E-state index in [9.17, 15) is 9.90 Å². The molecule has 0 aromatic carbocycles. The Labute approximate surface area is 136 Å². The maximum atomic E-state index is 12.8. The highest BCUT2D eigenvalue weighted by molar-refractivity contribution is 5.91. The van der Waals surface area contributed by atoms with E-state index in [1.54, 1.807) is 18.4 Å². The summed E-state index contributed by atoms with van der Waals surface area (Å²) in [6.07, 6.45) is 9.29. The largest absolute Gasteiger partial charge is 0.488 e. The van der Waals surface area contributed by atoms with Crippen LogP contribution < -0.4 is 0 Å². The van der Waals surface area contributed by atoms with Crippen LogP contribution in [-0.2, 0) is 9.53 Å². The first-order valence-electron chi connectivity index (χ1n) is 8.61. The van der Waals surface area contributed by atoms with Crippen LogP contribution in [0.3, 0.4) is 0 Å². The third-order valence-electron chi connectivity index (χ3n) is 4.65. The third kappa shape index (κ3) is 3.96. The lowest BCUT2D eigenvalue weighted by atomic mass is 10.0. The van der Waals surface area contributed by atoms with Crippen molar-refractivity contribution in [1.82, 2.24) is 4.90 Å². The summed E-state index contributed by atoms with van der Waals surface area (Å²) in [5.41, 5.74) is 0. The van der Waals surface area contributed by atoms with E-state index >= 15 is 0 Å². The predicted molar refractivity (Wildman–Crippen MR) is 85.5 cm³/mol. The normalized spacial score (nSPS) is 23.6. The molecule has 1 aromatic heterocycles. The fourth-order valence-electron chi connectivity index (χ4n) is 3.39. The summed E-state index contributed by atoms with van der Waals surface area (Å²) >= 11 is 0. The van der Waals surface area contributed by atoms with Gasteiger partial charge in [0, 0.05) is 19.0 Å². The number of ether oxygens (including phenoxy) is 1. The van der Waals surface area contributed by atoms with Crippen molar-refractivity contribution in [2.75, 3.05) is 13.2 Å². The molecule has 2 unspecified atom stereocenters. The second-order valence-corrected chi connectivity index (χ2v) is 6.33. The van der Waals surface area contributed by atoms with Gasteiger partial charge in [-0.2, -0.15) is 0 Å². The van der Waals surface area contributed by atoms with Gasteiger partial charge in [-0.3, -0.25) is 4.79 Å². The van der Waals surface area contributed by atoms with Crippen molar-refractivity contribution in [3.8, 4) is 0 Å². The molecule has 0 aliphatic carbocycles. The maximum absolute atomic E-state index is 12.8. The Kier molecular flexibility index (Phi) is 5.39. The van der Waals surface area contributed by atoms with Crippen molar-refractivity contribution >= 4 is 5.91 Å². The molecule has 0 spiro atoms. The summed E-state index contributed by atoms with van der Waals surface area (Å²) < 4.78 is 10.8. The minimum absolute atomic E-state index is 0.0246. The molecule has 3 rings (SSSR count). The second kappa shape index (κ2) is 7.68. The summed E-state index contributed by atoms with van der Waals surface area (Å²) in [5.74, 6) is 1.02. The third-order valence-corrected chi connectivity index (χ3v) is 4.65. The SMILES string of the molecule is O=C(C1=CCCCO1)N1CCCCCC1CC(O)c1ccco1. The van der Waals surface area contributed by atoms with Gasteiger partial charge >= 0.3 is 0 Å². The first-order valence-corrected chi connectivity index (χ1v) is 8.61. The zero-order valence-corrected chi connectivity index (χ0v) is 13.4. The summed E-state index contributed by atoms with van der Waals surface area (Å²) in [4.78, 5) is 14.7.